The quantitative estimate of drug-likeness (QED) is 0.358. The summed E-state index contributed by atoms with van der Waals surface area (Å²) in [4.78, 5) is 21.0. The van der Waals surface area contributed by atoms with Gasteiger partial charge in [0.1, 0.15) is 11.8 Å². The zero-order valence-electron chi connectivity index (χ0n) is 14.6. The van der Waals surface area contributed by atoms with Crippen molar-refractivity contribution in [3.05, 3.63) is 83.1 Å². The molecule has 0 saturated carbocycles. The molecule has 134 valence electrons. The first-order valence-corrected chi connectivity index (χ1v) is 9.11. The molecule has 4 nitrogen and oxygen atoms in total. The molecule has 4 rings (SSSR count). The number of carbonyl (C=O) groups is 1. The number of pyridine rings is 2. The molecule has 0 bridgehead atoms. The van der Waals surface area contributed by atoms with Crippen LogP contribution in [0.25, 0.3) is 21.8 Å². The smallest absolute Gasteiger partial charge is 0.306 e. The predicted molar refractivity (Wildman–Crippen MR) is 107 cm³/mol. The Labute approximate surface area is 161 Å². The van der Waals surface area contributed by atoms with E-state index in [-0.39, 0.29) is 19.0 Å². The molecule has 2 aromatic heterocycles. The maximum atomic E-state index is 12.1. The molecule has 0 radical (unpaired) electrons. The van der Waals surface area contributed by atoms with Crippen molar-refractivity contribution in [2.75, 3.05) is 0 Å². The molecule has 0 unspecified atom stereocenters. The van der Waals surface area contributed by atoms with Crippen molar-refractivity contribution in [2.45, 2.75) is 19.4 Å². The van der Waals surface area contributed by atoms with Crippen LogP contribution in [0, 0.1) is 0 Å². The second kappa shape index (κ2) is 7.72. The van der Waals surface area contributed by atoms with Gasteiger partial charge in [0, 0.05) is 28.5 Å². The van der Waals surface area contributed by atoms with Crippen LogP contribution in [0.15, 0.2) is 66.7 Å². The number of hydrogen-bond acceptors (Lipinski definition) is 4. The van der Waals surface area contributed by atoms with Crippen LogP contribution in [-0.4, -0.2) is 15.9 Å². The minimum absolute atomic E-state index is 0.112. The fourth-order valence-corrected chi connectivity index (χ4v) is 3.15. The monoisotopic (exact) mass is 376 g/mol. The summed E-state index contributed by atoms with van der Waals surface area (Å²) in [6, 6.07) is 21.5. The summed E-state index contributed by atoms with van der Waals surface area (Å²) in [5.41, 5.74) is 3.32. The number of para-hydroxylation sites is 2. The van der Waals surface area contributed by atoms with Crippen LogP contribution < -0.4 is 0 Å². The van der Waals surface area contributed by atoms with Gasteiger partial charge in [0.2, 0.25) is 0 Å². The number of nitrogens with zero attached hydrogens (tertiary/aromatic N) is 2. The van der Waals surface area contributed by atoms with E-state index in [2.05, 4.69) is 9.97 Å². The highest BCUT2D eigenvalue weighted by Gasteiger charge is 2.09. The van der Waals surface area contributed by atoms with Crippen molar-refractivity contribution in [2.24, 2.45) is 0 Å². The fraction of sp³-hybridized carbons (Fsp3) is 0.136. The van der Waals surface area contributed by atoms with Gasteiger partial charge in [-0.05, 0) is 24.3 Å². The highest BCUT2D eigenvalue weighted by Crippen LogP contribution is 2.21. The third-order valence-electron chi connectivity index (χ3n) is 4.38. The largest absolute Gasteiger partial charge is 0.461 e. The van der Waals surface area contributed by atoms with E-state index in [1.165, 1.54) is 0 Å². The molecule has 0 N–H and O–H groups in total. The topological polar surface area (TPSA) is 52.1 Å². The van der Waals surface area contributed by atoms with Gasteiger partial charge in [-0.3, -0.25) is 9.78 Å². The number of carbonyl (C=O) groups excluding carboxylic acids is 1. The number of rotatable bonds is 5. The van der Waals surface area contributed by atoms with Gasteiger partial charge in [-0.2, -0.15) is 0 Å². The zero-order valence-corrected chi connectivity index (χ0v) is 15.3. The van der Waals surface area contributed by atoms with Crippen molar-refractivity contribution in [1.82, 2.24) is 9.97 Å². The molecule has 0 aliphatic heterocycles. The van der Waals surface area contributed by atoms with Crippen molar-refractivity contribution >= 4 is 39.4 Å². The van der Waals surface area contributed by atoms with Gasteiger partial charge in [-0.25, -0.2) is 4.98 Å². The van der Waals surface area contributed by atoms with Crippen LogP contribution in [0.1, 0.15) is 17.7 Å². The standard InChI is InChI=1S/C22H17ClN2O2/c23-22-17(13-16-6-2-4-8-20(16)25-22)14-27-21(26)12-11-18-10-9-15-5-1-3-7-19(15)24-18/h1-10,13H,11-12,14H2. The maximum absolute atomic E-state index is 12.1. The van der Waals surface area contributed by atoms with E-state index in [0.29, 0.717) is 17.1 Å². The van der Waals surface area contributed by atoms with Crippen LogP contribution in [-0.2, 0) is 22.6 Å². The van der Waals surface area contributed by atoms with E-state index in [1.54, 1.807) is 0 Å². The first-order valence-electron chi connectivity index (χ1n) is 8.73. The molecule has 0 saturated heterocycles. The van der Waals surface area contributed by atoms with Crippen LogP contribution in [0.5, 0.6) is 0 Å². The van der Waals surface area contributed by atoms with Crippen molar-refractivity contribution in [1.29, 1.82) is 0 Å². The predicted octanol–water partition coefficient (Wildman–Crippen LogP) is 5.11. The highest BCUT2D eigenvalue weighted by molar-refractivity contribution is 6.30. The van der Waals surface area contributed by atoms with E-state index in [1.807, 2.05) is 66.7 Å². The summed E-state index contributed by atoms with van der Waals surface area (Å²) in [5, 5.41) is 2.41. The van der Waals surface area contributed by atoms with Gasteiger partial charge in [0.05, 0.1) is 17.5 Å². The summed E-state index contributed by atoms with van der Waals surface area (Å²) in [5.74, 6) is -0.283. The third-order valence-corrected chi connectivity index (χ3v) is 4.71. The van der Waals surface area contributed by atoms with E-state index < -0.39 is 0 Å². The van der Waals surface area contributed by atoms with Gasteiger partial charge in [0.25, 0.3) is 0 Å². The third kappa shape index (κ3) is 4.07. The molecule has 0 atom stereocenters. The second-order valence-corrected chi connectivity index (χ2v) is 6.64. The average Bonchev–Trinajstić information content (AvgIpc) is 2.70. The molecule has 2 aromatic carbocycles. The Balaban J connectivity index is 1.37. The second-order valence-electron chi connectivity index (χ2n) is 6.29. The van der Waals surface area contributed by atoms with Crippen LogP contribution >= 0.6 is 11.6 Å². The summed E-state index contributed by atoms with van der Waals surface area (Å²) < 4.78 is 5.38. The molecule has 0 fully saturated rings. The van der Waals surface area contributed by atoms with Crippen molar-refractivity contribution in [3.8, 4) is 0 Å². The molecule has 0 aliphatic rings. The van der Waals surface area contributed by atoms with Crippen molar-refractivity contribution < 1.29 is 9.53 Å². The molecule has 27 heavy (non-hydrogen) atoms. The number of aromatic nitrogens is 2. The molecule has 0 aliphatic carbocycles. The van der Waals surface area contributed by atoms with E-state index in [0.717, 1.165) is 27.5 Å². The number of ether oxygens (including phenoxy) is 1. The number of aryl methyl sites for hydroxylation is 1. The minimum Gasteiger partial charge on any atom is -0.461 e. The van der Waals surface area contributed by atoms with Gasteiger partial charge in [-0.15, -0.1) is 0 Å². The zero-order chi connectivity index (χ0) is 18.6. The Morgan fingerprint density at radius 3 is 2.41 bits per heavy atom. The molecular weight excluding hydrogens is 360 g/mol. The Morgan fingerprint density at radius 1 is 0.889 bits per heavy atom. The lowest BCUT2D eigenvalue weighted by molar-refractivity contribution is -0.144. The summed E-state index contributed by atoms with van der Waals surface area (Å²) >= 11 is 6.20. The SMILES string of the molecule is O=C(CCc1ccc2ccccc2n1)OCc1cc2ccccc2nc1Cl. The Hall–Kier alpha value is -2.98. The minimum atomic E-state index is -0.283. The lowest BCUT2D eigenvalue weighted by Gasteiger charge is -2.08. The molecule has 0 amide bonds. The Kier molecular flexibility index (Phi) is 4.99. The lowest BCUT2D eigenvalue weighted by Crippen LogP contribution is -2.07. The number of halogens is 1. The van der Waals surface area contributed by atoms with Gasteiger partial charge < -0.3 is 4.74 Å². The summed E-state index contributed by atoms with van der Waals surface area (Å²) in [7, 11) is 0. The fourth-order valence-electron chi connectivity index (χ4n) is 2.95. The number of fused-ring (bicyclic) bond motifs is 2. The molecule has 0 spiro atoms. The van der Waals surface area contributed by atoms with Crippen LogP contribution in [0.2, 0.25) is 5.15 Å². The number of hydrogen-bond donors (Lipinski definition) is 0. The van der Waals surface area contributed by atoms with Crippen LogP contribution in [0.3, 0.4) is 0 Å². The van der Waals surface area contributed by atoms with Gasteiger partial charge in [0.15, 0.2) is 0 Å². The van der Waals surface area contributed by atoms with E-state index in [4.69, 9.17) is 16.3 Å². The van der Waals surface area contributed by atoms with Gasteiger partial charge in [-0.1, -0.05) is 54.1 Å². The average molecular weight is 377 g/mol. The lowest BCUT2D eigenvalue weighted by atomic mass is 10.1. The maximum Gasteiger partial charge on any atom is 0.306 e. The van der Waals surface area contributed by atoms with Gasteiger partial charge >= 0.3 is 5.97 Å². The first kappa shape index (κ1) is 17.4. The molecule has 4 aromatic rings. The molecule has 2 heterocycles. The normalized spacial score (nSPS) is 11.0. The summed E-state index contributed by atoms with van der Waals surface area (Å²) in [6.45, 7) is 0.112. The Morgan fingerprint density at radius 2 is 1.59 bits per heavy atom. The number of esters is 1. The molecule has 5 heteroatoms. The first-order chi connectivity index (χ1) is 13.2. The Bertz CT molecular complexity index is 1130. The van der Waals surface area contributed by atoms with E-state index >= 15 is 0 Å². The van der Waals surface area contributed by atoms with Crippen LogP contribution in [0.4, 0.5) is 0 Å². The highest BCUT2D eigenvalue weighted by atomic mass is 35.5. The number of benzene rings is 2. The van der Waals surface area contributed by atoms with Crippen molar-refractivity contribution in [3.63, 3.8) is 0 Å². The summed E-state index contributed by atoms with van der Waals surface area (Å²) in [6.07, 6.45) is 0.803. The van der Waals surface area contributed by atoms with E-state index in [9.17, 15) is 4.79 Å². The molecular formula is C22H17ClN2O2.